The molecule has 0 amide bonds. The van der Waals surface area contributed by atoms with Gasteiger partial charge in [-0.15, -0.1) is 0 Å². The molecule has 0 spiro atoms. The van der Waals surface area contributed by atoms with Crippen LogP contribution in [-0.4, -0.2) is 108 Å². The molecule has 14 heteroatoms. The molecular weight excluding hydrogens is 1180 g/mol. The first kappa shape index (κ1) is 63.5. The van der Waals surface area contributed by atoms with Crippen molar-refractivity contribution in [2.24, 2.45) is 0 Å². The van der Waals surface area contributed by atoms with Gasteiger partial charge >= 0.3 is 503 Å². The summed E-state index contributed by atoms with van der Waals surface area (Å²) < 4.78 is 84.2. The van der Waals surface area contributed by atoms with Crippen LogP contribution >= 0.6 is 0 Å². The Morgan fingerprint density at radius 1 is 0.640 bits per heavy atom. The third-order valence-corrected chi connectivity index (χ3v) is 25.3. The number of aryl methyl sites for hydroxylation is 3. The van der Waals surface area contributed by atoms with Crippen LogP contribution in [0.4, 0.5) is 0 Å². The first-order chi connectivity index (χ1) is 41.8. The van der Waals surface area contributed by atoms with Gasteiger partial charge in [0, 0.05) is 0 Å². The minimum atomic E-state index is -2.90. The van der Waals surface area contributed by atoms with Crippen LogP contribution in [0.15, 0.2) is 205 Å². The molecule has 0 aromatic heterocycles. The summed E-state index contributed by atoms with van der Waals surface area (Å²) in [7, 11) is -2.70. The molecule has 0 bridgehead atoms. The van der Waals surface area contributed by atoms with Gasteiger partial charge in [0.05, 0.1) is 7.11 Å². The van der Waals surface area contributed by atoms with Crippen molar-refractivity contribution in [2.45, 2.75) is 157 Å². The van der Waals surface area contributed by atoms with Crippen molar-refractivity contribution in [3.8, 4) is 5.75 Å². The number of benzene rings is 7. The summed E-state index contributed by atoms with van der Waals surface area (Å²) in [6.07, 6.45) is 0.713. The van der Waals surface area contributed by atoms with E-state index in [-0.39, 0.29) is 55.5 Å². The summed E-state index contributed by atoms with van der Waals surface area (Å²) in [4.78, 5) is 0.790. The van der Waals surface area contributed by atoms with E-state index in [9.17, 15) is 4.21 Å². The van der Waals surface area contributed by atoms with Crippen molar-refractivity contribution in [3.05, 3.63) is 233 Å². The molecule has 3 heterocycles. The van der Waals surface area contributed by atoms with Gasteiger partial charge in [0.15, 0.2) is 0 Å². The average Bonchev–Trinajstić information content (AvgIpc) is 2.10. The maximum absolute atomic E-state index is 14.1. The van der Waals surface area contributed by atoms with Gasteiger partial charge in [0.2, 0.25) is 0 Å². The molecule has 0 radical (unpaired) electrons. The monoisotopic (exact) mass is 1260 g/mol. The summed E-state index contributed by atoms with van der Waals surface area (Å²) in [5.74, 6) is 0.761. The van der Waals surface area contributed by atoms with E-state index >= 15 is 0 Å². The fourth-order valence-electron chi connectivity index (χ4n) is 12.4. The van der Waals surface area contributed by atoms with E-state index in [0.717, 1.165) is 44.0 Å². The topological polar surface area (TPSA) is 109 Å². The van der Waals surface area contributed by atoms with Gasteiger partial charge in [-0.25, -0.2) is 0 Å². The zero-order valence-corrected chi connectivity index (χ0v) is 54.2. The van der Waals surface area contributed by atoms with Crippen LogP contribution < -0.4 is 19.6 Å². The number of methoxy groups -OCH3 is 1. The maximum atomic E-state index is 14.1. The number of hydrogen-bond donors (Lipinski definition) is 0. The van der Waals surface area contributed by atoms with E-state index in [1.165, 1.54) is 14.8 Å². The molecule has 11 atom stereocenters. The van der Waals surface area contributed by atoms with Crippen LogP contribution in [0, 0.1) is 20.8 Å². The van der Waals surface area contributed by atoms with Crippen LogP contribution in [0.1, 0.15) is 92.5 Å². The standard InChI is InChI=1S/C72H84O11SSeSi/c1-51-43-52(2)70(53(3)44-51)84(73)42-41-76-64-45-63(77-49-55-25-15-9-16-26-55)61(37-39-75-48-54-23-13-8-14-24-54)80-67(64)47-69(85-58-27-17-10-18-28-58)82-65-46-66-68(50-78-71(83-66)56-33-35-57(74-7)36-34-56)81-62(65)38-40-79-86(72(4,5)6,59-29-19-11-20-30-59)60-31-21-12-22-32-60/h8-36,41-44,61-69,71H,37-40,45-50H2,1-7H3/b42-41-/t61-,62-,63+,64-,65+,66-,67+,68+,69?,71+,84-/m0/s1. The summed E-state index contributed by atoms with van der Waals surface area (Å²) >= 11 is -0.211. The fraction of sp³-hybridized carbons (Fsp3) is 0.389. The Balaban J connectivity index is 0.970. The number of fused-ring (bicyclic) bond motifs is 1. The minimum absolute atomic E-state index is 0.211. The van der Waals surface area contributed by atoms with Crippen molar-refractivity contribution >= 4 is 48.9 Å². The van der Waals surface area contributed by atoms with Crippen LogP contribution in [0.25, 0.3) is 0 Å². The number of ether oxygens (including phenoxy) is 9. The van der Waals surface area contributed by atoms with Crippen LogP contribution in [-0.2, 0) is 66.3 Å². The zero-order valence-electron chi connectivity index (χ0n) is 50.7. The number of hydrogen-bond acceptors (Lipinski definition) is 11. The Kier molecular flexibility index (Phi) is 22.6. The molecule has 0 saturated carbocycles. The Hall–Kier alpha value is -5.55. The van der Waals surface area contributed by atoms with Crippen molar-refractivity contribution in [1.29, 1.82) is 0 Å². The molecule has 7 aromatic carbocycles. The first-order valence-corrected chi connectivity index (χ1v) is 35.2. The quantitative estimate of drug-likeness (QED) is 0.0294. The SMILES string of the molecule is COc1ccc([C@@H]2OC[C@H]3O[C@@H](CCO[Si](c4ccccc4)(c4ccccc4)C(C)(C)C)[C@H](OC(C[C@H]4O[C@@H](CCOCc5ccccc5)[C@H](OCc5ccccc5)C[C@@H]4O/C=C\[S@](=O)c4c(C)cc(C)cc4C)[Se]c4ccccc4)C[C@@H]3O2)cc1. The molecule has 0 aliphatic carbocycles. The molecule has 3 saturated heterocycles. The Morgan fingerprint density at radius 2 is 1.22 bits per heavy atom. The molecule has 7 aromatic rings. The second kappa shape index (κ2) is 30.6. The molecule has 3 aliphatic heterocycles. The van der Waals surface area contributed by atoms with Crippen LogP contribution in [0.3, 0.4) is 0 Å². The normalized spacial score (nSPS) is 23.3. The average molecular weight is 1260 g/mol. The van der Waals surface area contributed by atoms with Gasteiger partial charge in [-0.05, 0) is 6.92 Å². The predicted octanol–water partition coefficient (Wildman–Crippen LogP) is 12.3. The van der Waals surface area contributed by atoms with E-state index in [1.54, 1.807) is 18.8 Å². The second-order valence-electron chi connectivity index (χ2n) is 23.7. The van der Waals surface area contributed by atoms with Gasteiger partial charge in [0.25, 0.3) is 0 Å². The Labute approximate surface area is 519 Å². The molecule has 10 rings (SSSR count). The molecule has 454 valence electrons. The summed E-state index contributed by atoms with van der Waals surface area (Å²) in [6.45, 7) is 15.2. The molecule has 3 fully saturated rings. The van der Waals surface area contributed by atoms with Gasteiger partial charge in [-0.3, -0.25) is 0 Å². The molecule has 11 nitrogen and oxygen atoms in total. The van der Waals surface area contributed by atoms with Crippen molar-refractivity contribution in [2.75, 3.05) is 26.9 Å². The van der Waals surface area contributed by atoms with Gasteiger partial charge in [-0.1, -0.05) is 6.07 Å². The summed E-state index contributed by atoms with van der Waals surface area (Å²) in [5, 5.41) is 3.57. The third kappa shape index (κ3) is 16.4. The van der Waals surface area contributed by atoms with Crippen LogP contribution in [0.5, 0.6) is 5.75 Å². The third-order valence-electron chi connectivity index (χ3n) is 16.5. The van der Waals surface area contributed by atoms with Crippen molar-refractivity contribution < 1.29 is 51.3 Å². The summed E-state index contributed by atoms with van der Waals surface area (Å²) in [5.41, 5.74) is 6.17. The molecule has 3 aliphatic rings. The molecule has 86 heavy (non-hydrogen) atoms. The molecule has 0 N–H and O–H groups in total. The van der Waals surface area contributed by atoms with E-state index in [0.29, 0.717) is 65.1 Å². The molecular formula is C72H84O11SSeSi. The zero-order chi connectivity index (χ0) is 59.9. The predicted molar refractivity (Wildman–Crippen MR) is 343 cm³/mol. The van der Waals surface area contributed by atoms with Crippen molar-refractivity contribution in [3.63, 3.8) is 0 Å². The number of rotatable bonds is 26. The van der Waals surface area contributed by atoms with Gasteiger partial charge in [0.1, 0.15) is 0 Å². The Morgan fingerprint density at radius 3 is 1.84 bits per heavy atom. The fourth-order valence-corrected chi connectivity index (χ4v) is 20.3. The van der Waals surface area contributed by atoms with E-state index in [4.69, 9.17) is 47.1 Å². The van der Waals surface area contributed by atoms with E-state index in [2.05, 4.69) is 155 Å². The summed E-state index contributed by atoms with van der Waals surface area (Å²) in [6, 6.07) is 64.6. The van der Waals surface area contributed by atoms with Crippen molar-refractivity contribution in [1.82, 2.24) is 0 Å². The van der Waals surface area contributed by atoms with E-state index in [1.807, 2.05) is 74.5 Å². The first-order valence-electron chi connectivity index (χ1n) is 30.3. The molecule has 1 unspecified atom stereocenters. The van der Waals surface area contributed by atoms with E-state index < -0.39 is 43.7 Å². The van der Waals surface area contributed by atoms with Crippen LogP contribution in [0.2, 0.25) is 5.04 Å². The Bertz CT molecular complexity index is 3170. The second-order valence-corrected chi connectivity index (χ2v) is 31.9. The van der Waals surface area contributed by atoms with Gasteiger partial charge in [-0.2, -0.15) is 0 Å². The van der Waals surface area contributed by atoms with Gasteiger partial charge < -0.3 is 0 Å².